The molecular formula is C15H15FN2O. The highest BCUT2D eigenvalue weighted by Crippen LogP contribution is 2.26. The van der Waals surface area contributed by atoms with E-state index in [1.165, 1.54) is 18.6 Å². The lowest BCUT2D eigenvalue weighted by atomic mass is 10.1. The first-order valence-corrected chi connectivity index (χ1v) is 6.44. The van der Waals surface area contributed by atoms with Crippen molar-refractivity contribution in [2.75, 3.05) is 6.54 Å². The van der Waals surface area contributed by atoms with Crippen LogP contribution in [0.1, 0.15) is 24.6 Å². The summed E-state index contributed by atoms with van der Waals surface area (Å²) in [5, 5.41) is 3.40. The van der Waals surface area contributed by atoms with Crippen molar-refractivity contribution in [3.05, 3.63) is 54.1 Å². The smallest absolute Gasteiger partial charge is 0.130 e. The van der Waals surface area contributed by atoms with E-state index in [-0.39, 0.29) is 5.82 Å². The number of aromatic nitrogens is 1. The zero-order chi connectivity index (χ0) is 13.1. The lowest BCUT2D eigenvalue weighted by Gasteiger charge is -2.11. The molecule has 2 aromatic rings. The van der Waals surface area contributed by atoms with E-state index in [1.54, 1.807) is 18.3 Å². The molecule has 1 atom stereocenters. The maximum atomic E-state index is 12.8. The Morgan fingerprint density at radius 2 is 2.00 bits per heavy atom. The number of halogens is 1. The van der Waals surface area contributed by atoms with E-state index in [4.69, 9.17) is 4.74 Å². The number of nitrogens with one attached hydrogen (secondary N) is 1. The lowest BCUT2D eigenvalue weighted by molar-refractivity contribution is 0.476. The zero-order valence-corrected chi connectivity index (χ0v) is 10.5. The molecule has 1 aromatic heterocycles. The van der Waals surface area contributed by atoms with E-state index in [0.29, 0.717) is 11.8 Å². The number of hydrogen-bond acceptors (Lipinski definition) is 3. The highest BCUT2D eigenvalue weighted by molar-refractivity contribution is 5.32. The molecule has 1 aliphatic rings. The number of pyridine rings is 1. The third-order valence-electron chi connectivity index (χ3n) is 3.22. The number of ether oxygens (including phenoxy) is 1. The Kier molecular flexibility index (Phi) is 3.42. The average Bonchev–Trinajstić information content (AvgIpc) is 2.96. The van der Waals surface area contributed by atoms with E-state index in [1.807, 2.05) is 12.1 Å². The second-order valence-electron chi connectivity index (χ2n) is 4.62. The number of rotatable bonds is 3. The van der Waals surface area contributed by atoms with Crippen LogP contribution in [0.2, 0.25) is 0 Å². The van der Waals surface area contributed by atoms with Crippen molar-refractivity contribution in [2.24, 2.45) is 0 Å². The van der Waals surface area contributed by atoms with Gasteiger partial charge < -0.3 is 10.1 Å². The van der Waals surface area contributed by atoms with Crippen molar-refractivity contribution in [2.45, 2.75) is 18.9 Å². The quantitative estimate of drug-likeness (QED) is 0.915. The third-order valence-corrected chi connectivity index (χ3v) is 3.22. The van der Waals surface area contributed by atoms with Gasteiger partial charge in [0.2, 0.25) is 0 Å². The Morgan fingerprint density at radius 3 is 2.74 bits per heavy atom. The first-order valence-electron chi connectivity index (χ1n) is 6.44. The van der Waals surface area contributed by atoms with Gasteiger partial charge in [-0.15, -0.1) is 0 Å². The molecular weight excluding hydrogens is 243 g/mol. The minimum atomic E-state index is -0.266. The second kappa shape index (κ2) is 5.36. The van der Waals surface area contributed by atoms with Crippen molar-refractivity contribution in [3.63, 3.8) is 0 Å². The molecule has 0 spiro atoms. The summed E-state index contributed by atoms with van der Waals surface area (Å²) in [6, 6.07) is 10.1. The number of benzene rings is 1. The first kappa shape index (κ1) is 12.1. The molecule has 0 saturated carbocycles. The van der Waals surface area contributed by atoms with Gasteiger partial charge in [-0.2, -0.15) is 0 Å². The van der Waals surface area contributed by atoms with Gasteiger partial charge in [0.25, 0.3) is 0 Å². The van der Waals surface area contributed by atoms with Crippen molar-refractivity contribution in [1.82, 2.24) is 10.3 Å². The fourth-order valence-electron chi connectivity index (χ4n) is 2.26. The van der Waals surface area contributed by atoms with Crippen LogP contribution in [0.15, 0.2) is 42.6 Å². The summed E-state index contributed by atoms with van der Waals surface area (Å²) in [4.78, 5) is 4.37. The van der Waals surface area contributed by atoms with E-state index in [2.05, 4.69) is 10.3 Å². The van der Waals surface area contributed by atoms with Crippen molar-refractivity contribution >= 4 is 0 Å². The molecule has 0 amide bonds. The SMILES string of the molecule is Fc1ccc(Oc2ccnc(C3CCCN3)c2)cc1. The average molecular weight is 258 g/mol. The fraction of sp³-hybridized carbons (Fsp3) is 0.267. The van der Waals surface area contributed by atoms with E-state index >= 15 is 0 Å². The highest BCUT2D eigenvalue weighted by atomic mass is 19.1. The molecule has 3 nitrogen and oxygen atoms in total. The van der Waals surface area contributed by atoms with Crippen LogP contribution in [0.4, 0.5) is 4.39 Å². The fourth-order valence-corrected chi connectivity index (χ4v) is 2.26. The normalized spacial score (nSPS) is 18.5. The molecule has 3 rings (SSSR count). The molecule has 1 aliphatic heterocycles. The Labute approximate surface area is 111 Å². The van der Waals surface area contributed by atoms with Crippen LogP contribution in [-0.2, 0) is 0 Å². The van der Waals surface area contributed by atoms with E-state index in [0.717, 1.165) is 24.4 Å². The monoisotopic (exact) mass is 258 g/mol. The zero-order valence-electron chi connectivity index (χ0n) is 10.5. The van der Waals surface area contributed by atoms with Gasteiger partial charge in [-0.05, 0) is 49.7 Å². The molecule has 1 N–H and O–H groups in total. The molecule has 1 saturated heterocycles. The van der Waals surface area contributed by atoms with Gasteiger partial charge in [0, 0.05) is 18.3 Å². The Morgan fingerprint density at radius 1 is 1.16 bits per heavy atom. The van der Waals surface area contributed by atoms with Crippen molar-refractivity contribution < 1.29 is 9.13 Å². The molecule has 1 aromatic carbocycles. The second-order valence-corrected chi connectivity index (χ2v) is 4.62. The van der Waals surface area contributed by atoms with Crippen LogP contribution in [0, 0.1) is 5.82 Å². The Balaban J connectivity index is 1.77. The van der Waals surface area contributed by atoms with Gasteiger partial charge in [0.15, 0.2) is 0 Å². The molecule has 1 fully saturated rings. The minimum absolute atomic E-state index is 0.266. The van der Waals surface area contributed by atoms with Crippen LogP contribution in [0.5, 0.6) is 11.5 Å². The van der Waals surface area contributed by atoms with Crippen molar-refractivity contribution in [3.8, 4) is 11.5 Å². The predicted molar refractivity (Wildman–Crippen MR) is 70.7 cm³/mol. The van der Waals surface area contributed by atoms with Crippen LogP contribution >= 0.6 is 0 Å². The number of hydrogen-bond donors (Lipinski definition) is 1. The topological polar surface area (TPSA) is 34.1 Å². The maximum Gasteiger partial charge on any atom is 0.130 e. The van der Waals surface area contributed by atoms with Gasteiger partial charge in [-0.3, -0.25) is 4.98 Å². The Bertz CT molecular complexity index is 550. The van der Waals surface area contributed by atoms with Crippen LogP contribution < -0.4 is 10.1 Å². The molecule has 4 heteroatoms. The highest BCUT2D eigenvalue weighted by Gasteiger charge is 2.17. The van der Waals surface area contributed by atoms with Gasteiger partial charge in [-0.25, -0.2) is 4.39 Å². The summed E-state index contributed by atoms with van der Waals surface area (Å²) in [6.45, 7) is 1.04. The lowest BCUT2D eigenvalue weighted by Crippen LogP contribution is -2.14. The minimum Gasteiger partial charge on any atom is -0.457 e. The summed E-state index contributed by atoms with van der Waals surface area (Å²) < 4.78 is 18.5. The van der Waals surface area contributed by atoms with E-state index in [9.17, 15) is 4.39 Å². The molecule has 2 heterocycles. The van der Waals surface area contributed by atoms with E-state index < -0.39 is 0 Å². The van der Waals surface area contributed by atoms with Gasteiger partial charge >= 0.3 is 0 Å². The van der Waals surface area contributed by atoms with Gasteiger partial charge in [0.1, 0.15) is 17.3 Å². The standard InChI is InChI=1S/C15H15FN2O/c16-11-3-5-12(6-4-11)19-13-7-9-18-15(10-13)14-2-1-8-17-14/h3-7,9-10,14,17H,1-2,8H2. The summed E-state index contributed by atoms with van der Waals surface area (Å²) in [5.74, 6) is 1.08. The summed E-state index contributed by atoms with van der Waals surface area (Å²) >= 11 is 0. The molecule has 0 bridgehead atoms. The van der Waals surface area contributed by atoms with Crippen LogP contribution in [-0.4, -0.2) is 11.5 Å². The van der Waals surface area contributed by atoms with Crippen LogP contribution in [0.3, 0.4) is 0 Å². The molecule has 0 radical (unpaired) electrons. The van der Waals surface area contributed by atoms with Gasteiger partial charge in [-0.1, -0.05) is 0 Å². The molecule has 98 valence electrons. The molecule has 1 unspecified atom stereocenters. The van der Waals surface area contributed by atoms with Crippen LogP contribution in [0.25, 0.3) is 0 Å². The molecule has 19 heavy (non-hydrogen) atoms. The summed E-state index contributed by atoms with van der Waals surface area (Å²) in [6.07, 6.45) is 4.02. The largest absolute Gasteiger partial charge is 0.457 e. The van der Waals surface area contributed by atoms with Gasteiger partial charge in [0.05, 0.1) is 5.69 Å². The summed E-state index contributed by atoms with van der Waals surface area (Å²) in [7, 11) is 0. The van der Waals surface area contributed by atoms with Crippen molar-refractivity contribution in [1.29, 1.82) is 0 Å². The maximum absolute atomic E-state index is 12.8. The Hall–Kier alpha value is -1.94. The number of nitrogens with zero attached hydrogens (tertiary/aromatic N) is 1. The first-order chi connectivity index (χ1) is 9.31. The third kappa shape index (κ3) is 2.90. The molecule has 0 aliphatic carbocycles. The summed E-state index contributed by atoms with van der Waals surface area (Å²) in [5.41, 5.74) is 0.997. The predicted octanol–water partition coefficient (Wildman–Crippen LogP) is 3.44.